The van der Waals surface area contributed by atoms with Gasteiger partial charge in [-0.2, -0.15) is 0 Å². The minimum atomic E-state index is -0.0752. The van der Waals surface area contributed by atoms with Crippen LogP contribution >= 0.6 is 0 Å². The van der Waals surface area contributed by atoms with Crippen LogP contribution in [0.25, 0.3) is 10.9 Å². The largest absolute Gasteiger partial charge is 0.324 e. The van der Waals surface area contributed by atoms with E-state index in [0.717, 1.165) is 22.2 Å². The van der Waals surface area contributed by atoms with Gasteiger partial charge in [0.1, 0.15) is 0 Å². The average molecular weight is 271 g/mol. The first-order chi connectivity index (χ1) is 9.37. The summed E-state index contributed by atoms with van der Waals surface area (Å²) in [5.74, 6) is -0.0473. The fourth-order valence-corrected chi connectivity index (χ4v) is 1.96. The lowest BCUT2D eigenvalue weighted by atomic mass is 10.1. The number of benzene rings is 1. The van der Waals surface area contributed by atoms with E-state index >= 15 is 0 Å². The predicted molar refractivity (Wildman–Crippen MR) is 82.9 cm³/mol. The zero-order valence-corrected chi connectivity index (χ0v) is 12.4. The predicted octanol–water partition coefficient (Wildman–Crippen LogP) is 2.87. The Balaban J connectivity index is 2.18. The number of carbonyl (C=O) groups is 1. The summed E-state index contributed by atoms with van der Waals surface area (Å²) in [7, 11) is 0. The molecule has 0 atom stereocenters. The minimum absolute atomic E-state index is 0.0473. The van der Waals surface area contributed by atoms with E-state index < -0.39 is 0 Å². The molecule has 1 aromatic heterocycles. The fourth-order valence-electron chi connectivity index (χ4n) is 1.96. The first-order valence-corrected chi connectivity index (χ1v) is 6.76. The van der Waals surface area contributed by atoms with Gasteiger partial charge in [-0.25, -0.2) is 0 Å². The maximum Gasteiger partial charge on any atom is 0.238 e. The van der Waals surface area contributed by atoms with Gasteiger partial charge in [0.25, 0.3) is 0 Å². The summed E-state index contributed by atoms with van der Waals surface area (Å²) in [6.45, 7) is 8.41. The number of nitrogens with zero attached hydrogens (tertiary/aromatic N) is 1. The van der Waals surface area contributed by atoms with E-state index in [4.69, 9.17) is 0 Å². The Kier molecular flexibility index (Phi) is 4.04. The molecule has 0 unspecified atom stereocenters. The Morgan fingerprint density at radius 3 is 2.70 bits per heavy atom. The third kappa shape index (κ3) is 3.54. The van der Waals surface area contributed by atoms with Crippen molar-refractivity contribution in [2.24, 2.45) is 0 Å². The lowest BCUT2D eigenvalue weighted by Gasteiger charge is -2.20. The monoisotopic (exact) mass is 271 g/mol. The van der Waals surface area contributed by atoms with E-state index in [0.29, 0.717) is 6.54 Å². The molecule has 20 heavy (non-hydrogen) atoms. The molecule has 1 heterocycles. The molecule has 0 aliphatic rings. The second-order valence-corrected chi connectivity index (χ2v) is 5.98. The van der Waals surface area contributed by atoms with Crippen LogP contribution in [0.3, 0.4) is 0 Å². The first kappa shape index (κ1) is 14.5. The summed E-state index contributed by atoms with van der Waals surface area (Å²) in [6, 6.07) is 7.75. The van der Waals surface area contributed by atoms with Gasteiger partial charge in [-0.15, -0.1) is 0 Å². The number of hydrogen-bond acceptors (Lipinski definition) is 3. The van der Waals surface area contributed by atoms with Crippen molar-refractivity contribution in [1.82, 2.24) is 10.3 Å². The SMILES string of the molecule is Cc1ccc(NC(=O)CNC(C)(C)C)c2cccnc12. The number of carbonyl (C=O) groups excluding carboxylic acids is 1. The molecule has 2 aromatic rings. The topological polar surface area (TPSA) is 54.0 Å². The van der Waals surface area contributed by atoms with Gasteiger partial charge in [-0.1, -0.05) is 6.07 Å². The van der Waals surface area contributed by atoms with Crippen LogP contribution in [0.15, 0.2) is 30.5 Å². The molecule has 0 saturated carbocycles. The van der Waals surface area contributed by atoms with Gasteiger partial charge in [0, 0.05) is 17.1 Å². The van der Waals surface area contributed by atoms with E-state index in [1.54, 1.807) is 6.20 Å². The van der Waals surface area contributed by atoms with Crippen LogP contribution in [0.1, 0.15) is 26.3 Å². The standard InChI is InChI=1S/C16H21N3O/c1-11-7-8-13(12-6-5-9-17-15(11)12)19-14(20)10-18-16(2,3)4/h5-9,18H,10H2,1-4H3,(H,19,20). The van der Waals surface area contributed by atoms with Gasteiger partial charge in [0.2, 0.25) is 5.91 Å². The van der Waals surface area contributed by atoms with Crippen LogP contribution in [-0.2, 0) is 4.79 Å². The lowest BCUT2D eigenvalue weighted by molar-refractivity contribution is -0.115. The summed E-state index contributed by atoms with van der Waals surface area (Å²) < 4.78 is 0. The van der Waals surface area contributed by atoms with Crippen LogP contribution in [0.4, 0.5) is 5.69 Å². The smallest absolute Gasteiger partial charge is 0.238 e. The van der Waals surface area contributed by atoms with Gasteiger partial charge < -0.3 is 10.6 Å². The third-order valence-electron chi connectivity index (χ3n) is 3.02. The van der Waals surface area contributed by atoms with Gasteiger partial charge >= 0.3 is 0 Å². The van der Waals surface area contributed by atoms with Crippen molar-refractivity contribution in [3.05, 3.63) is 36.0 Å². The third-order valence-corrected chi connectivity index (χ3v) is 3.02. The number of fused-ring (bicyclic) bond motifs is 1. The highest BCUT2D eigenvalue weighted by atomic mass is 16.1. The van der Waals surface area contributed by atoms with Gasteiger partial charge in [0.05, 0.1) is 17.7 Å². The summed E-state index contributed by atoms with van der Waals surface area (Å²) >= 11 is 0. The molecule has 2 N–H and O–H groups in total. The van der Waals surface area contributed by atoms with Crippen LogP contribution in [-0.4, -0.2) is 23.0 Å². The molecule has 0 radical (unpaired) electrons. The Morgan fingerprint density at radius 2 is 2.00 bits per heavy atom. The number of amides is 1. The summed E-state index contributed by atoms with van der Waals surface area (Å²) in [5, 5.41) is 7.09. The van der Waals surface area contributed by atoms with E-state index in [1.165, 1.54) is 0 Å². The van der Waals surface area contributed by atoms with Crippen molar-refractivity contribution in [3.63, 3.8) is 0 Å². The van der Waals surface area contributed by atoms with Gasteiger partial charge in [-0.3, -0.25) is 9.78 Å². The lowest BCUT2D eigenvalue weighted by Crippen LogP contribution is -2.41. The summed E-state index contributed by atoms with van der Waals surface area (Å²) in [4.78, 5) is 16.4. The quantitative estimate of drug-likeness (QED) is 0.902. The highest BCUT2D eigenvalue weighted by molar-refractivity contribution is 6.02. The molecule has 1 amide bonds. The number of pyridine rings is 1. The zero-order chi connectivity index (χ0) is 14.8. The van der Waals surface area contributed by atoms with Crippen LogP contribution < -0.4 is 10.6 Å². The fraction of sp³-hybridized carbons (Fsp3) is 0.375. The van der Waals surface area contributed by atoms with Crippen LogP contribution in [0, 0.1) is 6.92 Å². The van der Waals surface area contributed by atoms with Crippen LogP contribution in [0.5, 0.6) is 0 Å². The maximum absolute atomic E-state index is 12.0. The number of anilines is 1. The molecule has 0 saturated heterocycles. The van der Waals surface area contributed by atoms with Crippen molar-refractivity contribution < 1.29 is 4.79 Å². The van der Waals surface area contributed by atoms with Crippen molar-refractivity contribution in [1.29, 1.82) is 0 Å². The molecule has 0 bridgehead atoms. The molecule has 0 aliphatic carbocycles. The molecule has 106 valence electrons. The van der Waals surface area contributed by atoms with Crippen LogP contribution in [0.2, 0.25) is 0 Å². The molecule has 0 aliphatic heterocycles. The number of rotatable bonds is 3. The molecule has 1 aromatic carbocycles. The first-order valence-electron chi connectivity index (χ1n) is 6.76. The normalized spacial score (nSPS) is 11.6. The van der Waals surface area contributed by atoms with Gasteiger partial charge in [0.15, 0.2) is 0 Å². The van der Waals surface area contributed by atoms with Crippen molar-refractivity contribution >= 4 is 22.5 Å². The molecule has 4 nitrogen and oxygen atoms in total. The van der Waals surface area contributed by atoms with E-state index in [1.807, 2.05) is 52.0 Å². The average Bonchev–Trinajstić information content (AvgIpc) is 2.39. The molecule has 4 heteroatoms. The van der Waals surface area contributed by atoms with Crippen molar-refractivity contribution in [3.8, 4) is 0 Å². The molecule has 0 spiro atoms. The second kappa shape index (κ2) is 5.59. The molecular formula is C16H21N3O. The summed E-state index contributed by atoms with van der Waals surface area (Å²) in [6.07, 6.45) is 1.77. The molecular weight excluding hydrogens is 250 g/mol. The molecule has 2 rings (SSSR count). The van der Waals surface area contributed by atoms with Gasteiger partial charge in [-0.05, 0) is 51.5 Å². The number of aryl methyl sites for hydroxylation is 1. The highest BCUT2D eigenvalue weighted by Crippen LogP contribution is 2.24. The molecule has 0 fully saturated rings. The Morgan fingerprint density at radius 1 is 1.25 bits per heavy atom. The van der Waals surface area contributed by atoms with Crippen molar-refractivity contribution in [2.75, 3.05) is 11.9 Å². The van der Waals surface area contributed by atoms with E-state index in [9.17, 15) is 4.79 Å². The number of aromatic nitrogens is 1. The Bertz CT molecular complexity index is 629. The Hall–Kier alpha value is -1.94. The van der Waals surface area contributed by atoms with E-state index in [2.05, 4.69) is 15.6 Å². The zero-order valence-electron chi connectivity index (χ0n) is 12.4. The van der Waals surface area contributed by atoms with Crippen molar-refractivity contribution in [2.45, 2.75) is 33.2 Å². The maximum atomic E-state index is 12.0. The Labute approximate surface area is 119 Å². The number of nitrogens with one attached hydrogen (secondary N) is 2. The minimum Gasteiger partial charge on any atom is -0.324 e. The highest BCUT2D eigenvalue weighted by Gasteiger charge is 2.12. The second-order valence-electron chi connectivity index (χ2n) is 5.98. The number of hydrogen-bond donors (Lipinski definition) is 2. The van der Waals surface area contributed by atoms with E-state index in [-0.39, 0.29) is 11.4 Å². The summed E-state index contributed by atoms with van der Waals surface area (Å²) in [5.41, 5.74) is 2.76.